The maximum Gasteiger partial charge on any atom is 0.227 e. The molecule has 27 heavy (non-hydrogen) atoms. The maximum absolute atomic E-state index is 11.8. The first-order valence-electron chi connectivity index (χ1n) is 9.22. The van der Waals surface area contributed by atoms with Crippen molar-refractivity contribution in [2.45, 2.75) is 32.2 Å². The van der Waals surface area contributed by atoms with E-state index in [4.69, 9.17) is 17.0 Å². The topological polar surface area (TPSA) is 53.6 Å². The number of amides is 1. The summed E-state index contributed by atoms with van der Waals surface area (Å²) in [5, 5.41) is 7.15. The van der Waals surface area contributed by atoms with Gasteiger partial charge < -0.3 is 20.3 Å². The second kappa shape index (κ2) is 8.86. The maximum atomic E-state index is 11.8. The molecule has 1 atom stereocenters. The van der Waals surface area contributed by atoms with Gasteiger partial charge in [-0.05, 0) is 67.0 Å². The van der Waals surface area contributed by atoms with Crippen LogP contribution in [0.25, 0.3) is 0 Å². The minimum atomic E-state index is 0.123. The molecule has 3 rings (SSSR count). The molecule has 1 amide bonds. The third-order valence-electron chi connectivity index (χ3n) is 4.74. The van der Waals surface area contributed by atoms with Crippen LogP contribution in [-0.4, -0.2) is 24.7 Å². The van der Waals surface area contributed by atoms with Crippen LogP contribution >= 0.6 is 12.2 Å². The van der Waals surface area contributed by atoms with Gasteiger partial charge in [0.1, 0.15) is 5.75 Å². The molecule has 1 fully saturated rings. The number of nitrogens with zero attached hydrogens (tertiary/aromatic N) is 1. The zero-order valence-corrected chi connectivity index (χ0v) is 16.5. The minimum Gasteiger partial charge on any atom is -0.497 e. The highest BCUT2D eigenvalue weighted by atomic mass is 32.1. The Morgan fingerprint density at radius 2 is 1.89 bits per heavy atom. The summed E-state index contributed by atoms with van der Waals surface area (Å²) in [4.78, 5) is 13.7. The normalized spacial score (nSPS) is 14.7. The van der Waals surface area contributed by atoms with Gasteiger partial charge in [-0.3, -0.25) is 4.79 Å². The van der Waals surface area contributed by atoms with E-state index in [1.54, 1.807) is 7.11 Å². The first-order valence-corrected chi connectivity index (χ1v) is 9.63. The number of carbonyl (C=O) groups excluding carboxylic acids is 1. The Morgan fingerprint density at radius 1 is 1.19 bits per heavy atom. The highest BCUT2D eigenvalue weighted by Gasteiger charge is 2.21. The van der Waals surface area contributed by atoms with Gasteiger partial charge in [0.2, 0.25) is 5.91 Å². The van der Waals surface area contributed by atoms with Crippen molar-refractivity contribution < 1.29 is 9.53 Å². The lowest BCUT2D eigenvalue weighted by Gasteiger charge is -2.21. The third-order valence-corrected chi connectivity index (χ3v) is 4.96. The highest BCUT2D eigenvalue weighted by Crippen LogP contribution is 2.24. The van der Waals surface area contributed by atoms with Crippen molar-refractivity contribution in [3.63, 3.8) is 0 Å². The number of benzene rings is 2. The van der Waals surface area contributed by atoms with Crippen molar-refractivity contribution in [1.29, 1.82) is 0 Å². The Kier molecular flexibility index (Phi) is 6.29. The number of nitrogens with one attached hydrogen (secondary N) is 2. The van der Waals surface area contributed by atoms with E-state index in [1.165, 1.54) is 0 Å². The Bertz CT molecular complexity index is 790. The van der Waals surface area contributed by atoms with E-state index < -0.39 is 0 Å². The second-order valence-corrected chi connectivity index (χ2v) is 6.94. The van der Waals surface area contributed by atoms with Crippen LogP contribution in [0.15, 0.2) is 48.5 Å². The van der Waals surface area contributed by atoms with Crippen LogP contribution in [0.2, 0.25) is 0 Å². The van der Waals surface area contributed by atoms with E-state index in [-0.39, 0.29) is 11.9 Å². The molecule has 2 aromatic carbocycles. The Morgan fingerprint density at radius 3 is 2.44 bits per heavy atom. The number of anilines is 2. The molecule has 0 radical (unpaired) electrons. The predicted molar refractivity (Wildman–Crippen MR) is 113 cm³/mol. The van der Waals surface area contributed by atoms with Crippen molar-refractivity contribution in [2.75, 3.05) is 23.9 Å². The summed E-state index contributed by atoms with van der Waals surface area (Å²) in [6.45, 7) is 2.91. The smallest absolute Gasteiger partial charge is 0.227 e. The fourth-order valence-corrected chi connectivity index (χ4v) is 3.49. The van der Waals surface area contributed by atoms with E-state index in [0.29, 0.717) is 11.5 Å². The lowest BCUT2D eigenvalue weighted by molar-refractivity contribution is -0.117. The van der Waals surface area contributed by atoms with Gasteiger partial charge >= 0.3 is 0 Å². The van der Waals surface area contributed by atoms with E-state index >= 15 is 0 Å². The van der Waals surface area contributed by atoms with Crippen LogP contribution in [-0.2, 0) is 4.79 Å². The molecule has 1 saturated heterocycles. The fourth-order valence-electron chi connectivity index (χ4n) is 3.23. The SMILES string of the molecule is CCC(NC(=S)Nc1ccc(N2CCCC2=O)cc1)c1ccc(OC)cc1. The lowest BCUT2D eigenvalue weighted by atomic mass is 10.0. The Balaban J connectivity index is 1.59. The molecular weight excluding hydrogens is 358 g/mol. The van der Waals surface area contributed by atoms with Gasteiger partial charge in [0.25, 0.3) is 0 Å². The molecule has 6 heteroatoms. The average molecular weight is 384 g/mol. The number of hydrogen-bond acceptors (Lipinski definition) is 3. The number of rotatable bonds is 6. The van der Waals surface area contributed by atoms with E-state index in [0.717, 1.165) is 42.1 Å². The van der Waals surface area contributed by atoms with Gasteiger partial charge in [-0.25, -0.2) is 0 Å². The molecule has 0 saturated carbocycles. The largest absolute Gasteiger partial charge is 0.497 e. The van der Waals surface area contributed by atoms with E-state index in [2.05, 4.69) is 17.6 Å². The highest BCUT2D eigenvalue weighted by molar-refractivity contribution is 7.80. The van der Waals surface area contributed by atoms with Crippen LogP contribution in [0.5, 0.6) is 5.75 Å². The van der Waals surface area contributed by atoms with E-state index in [1.807, 2.05) is 53.4 Å². The minimum absolute atomic E-state index is 0.123. The summed E-state index contributed by atoms with van der Waals surface area (Å²) >= 11 is 5.47. The summed E-state index contributed by atoms with van der Waals surface area (Å²) in [6, 6.07) is 15.9. The zero-order valence-electron chi connectivity index (χ0n) is 15.7. The van der Waals surface area contributed by atoms with Crippen molar-refractivity contribution >= 4 is 34.6 Å². The van der Waals surface area contributed by atoms with Crippen LogP contribution in [0.4, 0.5) is 11.4 Å². The summed E-state index contributed by atoms with van der Waals surface area (Å²) in [7, 11) is 1.66. The second-order valence-electron chi connectivity index (χ2n) is 6.53. The molecule has 1 unspecified atom stereocenters. The quantitative estimate of drug-likeness (QED) is 0.730. The first kappa shape index (κ1) is 19.2. The van der Waals surface area contributed by atoms with Gasteiger partial charge in [0, 0.05) is 24.3 Å². The molecule has 5 nitrogen and oxygen atoms in total. The van der Waals surface area contributed by atoms with Gasteiger partial charge in [0.05, 0.1) is 13.2 Å². The first-order chi connectivity index (χ1) is 13.1. The number of hydrogen-bond donors (Lipinski definition) is 2. The molecule has 2 N–H and O–H groups in total. The number of ether oxygens (including phenoxy) is 1. The monoisotopic (exact) mass is 383 g/mol. The van der Waals surface area contributed by atoms with Gasteiger partial charge in [-0.15, -0.1) is 0 Å². The van der Waals surface area contributed by atoms with E-state index in [9.17, 15) is 4.79 Å². The fraction of sp³-hybridized carbons (Fsp3) is 0.333. The number of thiocarbonyl (C=S) groups is 1. The number of carbonyl (C=O) groups is 1. The summed E-state index contributed by atoms with van der Waals surface area (Å²) in [6.07, 6.45) is 2.47. The standard InChI is InChI=1S/C21H25N3O2S/c1-3-19(15-6-12-18(26-2)13-7-15)23-21(27)22-16-8-10-17(11-9-16)24-14-4-5-20(24)25/h6-13,19H,3-5,14H2,1-2H3,(H2,22,23,27). The Hall–Kier alpha value is -2.60. The molecular formula is C21H25N3O2S. The summed E-state index contributed by atoms with van der Waals surface area (Å²) in [5.41, 5.74) is 2.99. The molecule has 0 spiro atoms. The molecule has 1 aliphatic heterocycles. The van der Waals surface area contributed by atoms with Crippen LogP contribution in [0, 0.1) is 0 Å². The zero-order chi connectivity index (χ0) is 19.2. The van der Waals surface area contributed by atoms with Crippen molar-refractivity contribution in [3.05, 3.63) is 54.1 Å². The van der Waals surface area contributed by atoms with Crippen LogP contribution in [0.3, 0.4) is 0 Å². The van der Waals surface area contributed by atoms with Gasteiger partial charge in [0.15, 0.2) is 5.11 Å². The molecule has 0 bridgehead atoms. The molecule has 0 aromatic heterocycles. The van der Waals surface area contributed by atoms with Gasteiger partial charge in [-0.1, -0.05) is 19.1 Å². The van der Waals surface area contributed by atoms with Crippen molar-refractivity contribution in [1.82, 2.24) is 5.32 Å². The molecule has 2 aromatic rings. The van der Waals surface area contributed by atoms with Gasteiger partial charge in [-0.2, -0.15) is 0 Å². The van der Waals surface area contributed by atoms with Crippen LogP contribution < -0.4 is 20.3 Å². The van der Waals surface area contributed by atoms with Crippen LogP contribution in [0.1, 0.15) is 37.8 Å². The molecule has 1 heterocycles. The summed E-state index contributed by atoms with van der Waals surface area (Å²) < 4.78 is 5.21. The van der Waals surface area contributed by atoms with Crippen molar-refractivity contribution in [2.24, 2.45) is 0 Å². The molecule has 1 aliphatic rings. The summed E-state index contributed by atoms with van der Waals surface area (Å²) in [5.74, 6) is 1.03. The molecule has 0 aliphatic carbocycles. The number of methoxy groups -OCH3 is 1. The van der Waals surface area contributed by atoms with Crippen molar-refractivity contribution in [3.8, 4) is 5.75 Å². The predicted octanol–water partition coefficient (Wildman–Crippen LogP) is 4.26. The molecule has 142 valence electrons. The Labute approximate surface area is 165 Å². The average Bonchev–Trinajstić information content (AvgIpc) is 3.13. The third kappa shape index (κ3) is 4.77. The lowest BCUT2D eigenvalue weighted by Crippen LogP contribution is -2.32.